The molecular weight excluding hydrogens is 370 g/mol. The molecule has 0 bridgehead atoms. The van der Waals surface area contributed by atoms with Gasteiger partial charge in [0.15, 0.2) is 0 Å². The number of hydrogen-bond donors (Lipinski definition) is 3. The maximum atomic E-state index is 13.3. The summed E-state index contributed by atoms with van der Waals surface area (Å²) >= 11 is 0. The molecule has 3 rings (SSSR count). The number of primary amides is 1. The number of alkyl halides is 2. The van der Waals surface area contributed by atoms with Gasteiger partial charge >= 0.3 is 0 Å². The Labute approximate surface area is 163 Å². The average Bonchev–Trinajstić information content (AvgIpc) is 3.40. The number of nitrogens with one attached hydrogen (secondary N) is 2. The van der Waals surface area contributed by atoms with Crippen LogP contribution in [0.25, 0.3) is 0 Å². The summed E-state index contributed by atoms with van der Waals surface area (Å²) in [6, 6.07) is -1.54. The average molecular weight is 398 g/mol. The van der Waals surface area contributed by atoms with Gasteiger partial charge in [0.25, 0.3) is 5.92 Å². The highest BCUT2D eigenvalue weighted by Crippen LogP contribution is 2.34. The maximum Gasteiger partial charge on any atom is 0.282 e. The van der Waals surface area contributed by atoms with Crippen LogP contribution in [0, 0.1) is 11.8 Å². The molecule has 0 aromatic carbocycles. The van der Waals surface area contributed by atoms with Crippen LogP contribution in [0.4, 0.5) is 8.78 Å². The molecule has 2 fully saturated rings. The first kappa shape index (κ1) is 20.4. The lowest BCUT2D eigenvalue weighted by atomic mass is 10.0. The van der Waals surface area contributed by atoms with Gasteiger partial charge in [0, 0.05) is 0 Å². The first-order valence-corrected chi connectivity index (χ1v) is 9.69. The van der Waals surface area contributed by atoms with Crippen molar-refractivity contribution < 1.29 is 23.1 Å². The van der Waals surface area contributed by atoms with Crippen LogP contribution in [-0.4, -0.2) is 54.4 Å². The van der Waals surface area contributed by atoms with Gasteiger partial charge in [0.2, 0.25) is 17.7 Å². The summed E-state index contributed by atoms with van der Waals surface area (Å²) in [4.78, 5) is 25.7. The van der Waals surface area contributed by atoms with Crippen molar-refractivity contribution in [2.75, 3.05) is 19.7 Å². The minimum Gasteiger partial charge on any atom is -0.477 e. The lowest BCUT2D eigenvalue weighted by Crippen LogP contribution is -2.57. The van der Waals surface area contributed by atoms with Crippen molar-refractivity contribution >= 4 is 11.8 Å². The normalized spacial score (nSPS) is 24.5. The number of nitrogens with zero attached hydrogens (tertiary/aromatic N) is 1. The Balaban J connectivity index is 1.66. The Morgan fingerprint density at radius 3 is 2.61 bits per heavy atom. The zero-order chi connectivity index (χ0) is 20.5. The summed E-state index contributed by atoms with van der Waals surface area (Å²) in [6.45, 7) is 3.60. The van der Waals surface area contributed by atoms with Gasteiger partial charge in [-0.2, -0.15) is 0 Å². The van der Waals surface area contributed by atoms with Crippen molar-refractivity contribution in [3.8, 4) is 0 Å². The van der Waals surface area contributed by atoms with Gasteiger partial charge in [-0.25, -0.2) is 8.78 Å². The molecule has 0 radical (unpaired) electrons. The van der Waals surface area contributed by atoms with Crippen LogP contribution in [0.15, 0.2) is 23.7 Å². The molecule has 0 aromatic heterocycles. The second kappa shape index (κ2) is 7.97. The van der Waals surface area contributed by atoms with E-state index in [0.717, 1.165) is 12.8 Å². The van der Waals surface area contributed by atoms with Crippen molar-refractivity contribution in [3.05, 3.63) is 23.7 Å². The van der Waals surface area contributed by atoms with E-state index in [2.05, 4.69) is 10.6 Å². The van der Waals surface area contributed by atoms with Crippen LogP contribution in [0.2, 0.25) is 0 Å². The minimum absolute atomic E-state index is 0.185. The molecular formula is C19H28F2N4O3. The van der Waals surface area contributed by atoms with Gasteiger partial charge in [0.05, 0.1) is 25.4 Å². The molecule has 2 amide bonds. The van der Waals surface area contributed by atoms with Gasteiger partial charge in [0.1, 0.15) is 12.1 Å². The number of hydrogen-bond acceptors (Lipinski definition) is 5. The van der Waals surface area contributed by atoms with E-state index in [9.17, 15) is 18.4 Å². The fourth-order valence-electron chi connectivity index (χ4n) is 3.19. The summed E-state index contributed by atoms with van der Waals surface area (Å²) in [5, 5.41) is 5.64. The number of dihydropyridines is 1. The van der Waals surface area contributed by atoms with E-state index < -0.39 is 29.8 Å². The highest BCUT2D eigenvalue weighted by Gasteiger charge is 2.46. The predicted octanol–water partition coefficient (Wildman–Crippen LogP) is 1.08. The number of halogens is 2. The Kier molecular flexibility index (Phi) is 5.81. The highest BCUT2D eigenvalue weighted by atomic mass is 19.3. The molecule has 1 saturated heterocycles. The molecule has 9 heteroatoms. The maximum absolute atomic E-state index is 13.3. The lowest BCUT2D eigenvalue weighted by Gasteiger charge is -2.42. The van der Waals surface area contributed by atoms with Crippen molar-refractivity contribution in [3.63, 3.8) is 0 Å². The molecule has 4 N–H and O–H groups in total. The summed E-state index contributed by atoms with van der Waals surface area (Å²) in [5.74, 6) is -2.74. The molecule has 1 saturated carbocycles. The van der Waals surface area contributed by atoms with E-state index in [0.29, 0.717) is 30.5 Å². The third kappa shape index (κ3) is 5.14. The van der Waals surface area contributed by atoms with Crippen LogP contribution in [0.3, 0.4) is 0 Å². The summed E-state index contributed by atoms with van der Waals surface area (Å²) < 4.78 is 32.3. The van der Waals surface area contributed by atoms with Crippen molar-refractivity contribution in [1.82, 2.24) is 15.5 Å². The zero-order valence-electron chi connectivity index (χ0n) is 16.2. The number of ether oxygens (including phenoxy) is 1. The summed E-state index contributed by atoms with van der Waals surface area (Å²) in [5.41, 5.74) is 5.90. The topological polar surface area (TPSA) is 96.7 Å². The van der Waals surface area contributed by atoms with E-state index in [-0.39, 0.29) is 19.0 Å². The molecule has 3 aliphatic rings. The van der Waals surface area contributed by atoms with Gasteiger partial charge in [-0.3, -0.25) is 9.59 Å². The standard InChI is InChI=1S/C19H28F2N4O3/c1-11(2)7-14(16(22)26)23-17(27)13-5-6-15(25-9-19(20,21)10-25)18(24-13)28-8-12-3-4-12/h5-6,11-14,24H,3-4,7-10H2,1-2H3,(H2,22,26)(H,23,27)/t13?,14-/m0/s1. The third-order valence-electron chi connectivity index (χ3n) is 4.96. The number of carbonyl (C=O) groups is 2. The molecule has 1 unspecified atom stereocenters. The van der Waals surface area contributed by atoms with Gasteiger partial charge < -0.3 is 26.0 Å². The number of rotatable bonds is 9. The van der Waals surface area contributed by atoms with E-state index >= 15 is 0 Å². The second-order valence-corrected chi connectivity index (χ2v) is 8.25. The predicted molar refractivity (Wildman–Crippen MR) is 98.9 cm³/mol. The first-order chi connectivity index (χ1) is 13.1. The summed E-state index contributed by atoms with van der Waals surface area (Å²) in [6.07, 6.45) is 5.81. The largest absolute Gasteiger partial charge is 0.477 e. The van der Waals surface area contributed by atoms with E-state index in [4.69, 9.17) is 10.5 Å². The SMILES string of the molecule is CC(C)C[C@H](NC(=O)C1C=CC(N2CC(F)(F)C2)=C(OCC2CC2)N1)C(N)=O. The lowest BCUT2D eigenvalue weighted by molar-refractivity contribution is -0.128. The third-order valence-corrected chi connectivity index (χ3v) is 4.96. The number of carbonyl (C=O) groups excluding carboxylic acids is 2. The number of amides is 2. The number of nitrogens with two attached hydrogens (primary N) is 1. The van der Waals surface area contributed by atoms with Crippen LogP contribution in [0.1, 0.15) is 33.1 Å². The van der Waals surface area contributed by atoms with Crippen LogP contribution < -0.4 is 16.4 Å². The van der Waals surface area contributed by atoms with Crippen LogP contribution in [0.5, 0.6) is 0 Å². The molecule has 2 atom stereocenters. The monoisotopic (exact) mass is 398 g/mol. The van der Waals surface area contributed by atoms with Crippen LogP contribution >= 0.6 is 0 Å². The smallest absolute Gasteiger partial charge is 0.282 e. The number of allylic oxidation sites excluding steroid dienone is 1. The molecule has 2 heterocycles. The molecule has 2 aliphatic heterocycles. The molecule has 7 nitrogen and oxygen atoms in total. The molecule has 0 aromatic rings. The van der Waals surface area contributed by atoms with Crippen LogP contribution in [-0.2, 0) is 14.3 Å². The minimum atomic E-state index is -2.71. The molecule has 0 spiro atoms. The highest BCUT2D eigenvalue weighted by molar-refractivity contribution is 5.90. The van der Waals surface area contributed by atoms with E-state index in [1.807, 2.05) is 13.8 Å². The van der Waals surface area contributed by atoms with Crippen molar-refractivity contribution in [2.45, 2.75) is 51.1 Å². The van der Waals surface area contributed by atoms with Gasteiger partial charge in [-0.05, 0) is 37.2 Å². The Morgan fingerprint density at radius 1 is 1.39 bits per heavy atom. The molecule has 156 valence electrons. The molecule has 1 aliphatic carbocycles. The summed E-state index contributed by atoms with van der Waals surface area (Å²) in [7, 11) is 0. The fraction of sp³-hybridized carbons (Fsp3) is 0.684. The second-order valence-electron chi connectivity index (χ2n) is 8.25. The zero-order valence-corrected chi connectivity index (χ0v) is 16.2. The van der Waals surface area contributed by atoms with Gasteiger partial charge in [-0.15, -0.1) is 0 Å². The molecule has 28 heavy (non-hydrogen) atoms. The number of likely N-dealkylation sites (tertiary alicyclic amines) is 1. The van der Waals surface area contributed by atoms with E-state index in [1.165, 1.54) is 4.90 Å². The Hall–Kier alpha value is -2.32. The van der Waals surface area contributed by atoms with Crippen molar-refractivity contribution in [1.29, 1.82) is 0 Å². The van der Waals surface area contributed by atoms with E-state index in [1.54, 1.807) is 12.2 Å². The quantitative estimate of drug-likeness (QED) is 0.540. The Bertz CT molecular complexity index is 681. The van der Waals surface area contributed by atoms with Gasteiger partial charge in [-0.1, -0.05) is 19.9 Å². The fourth-order valence-corrected chi connectivity index (χ4v) is 3.19. The Morgan fingerprint density at radius 2 is 2.07 bits per heavy atom. The van der Waals surface area contributed by atoms with Crippen molar-refractivity contribution in [2.24, 2.45) is 17.6 Å². The first-order valence-electron chi connectivity index (χ1n) is 9.69.